The minimum absolute atomic E-state index is 0.252. The van der Waals surface area contributed by atoms with Crippen molar-refractivity contribution in [3.63, 3.8) is 0 Å². The molecule has 1 N–H and O–H groups in total. The number of nitrogens with one attached hydrogen (secondary N) is 1. The number of anilines is 1. The van der Waals surface area contributed by atoms with E-state index >= 15 is 0 Å². The van der Waals surface area contributed by atoms with Gasteiger partial charge in [0.05, 0.1) is 12.6 Å². The van der Waals surface area contributed by atoms with E-state index in [1.807, 2.05) is 37.4 Å². The molecule has 2 aliphatic rings. The molecule has 134 valence electrons. The number of ether oxygens (including phenoxy) is 1. The molecule has 0 saturated carbocycles. The van der Waals surface area contributed by atoms with Gasteiger partial charge >= 0.3 is 0 Å². The van der Waals surface area contributed by atoms with Crippen LogP contribution in [0.3, 0.4) is 0 Å². The van der Waals surface area contributed by atoms with E-state index in [-0.39, 0.29) is 5.41 Å². The number of aromatic nitrogens is 1. The molecule has 0 aliphatic carbocycles. The molecule has 2 aliphatic heterocycles. The zero-order valence-electron chi connectivity index (χ0n) is 14.9. The summed E-state index contributed by atoms with van der Waals surface area (Å²) in [5.74, 6) is 3.01. The summed E-state index contributed by atoms with van der Waals surface area (Å²) in [5.41, 5.74) is 0.252. The number of furan rings is 1. The van der Waals surface area contributed by atoms with Gasteiger partial charge in [0.1, 0.15) is 17.3 Å². The third-order valence-electron chi connectivity index (χ3n) is 5.62. The predicted octanol–water partition coefficient (Wildman–Crippen LogP) is 3.47. The van der Waals surface area contributed by atoms with Crippen LogP contribution >= 0.6 is 0 Å². The van der Waals surface area contributed by atoms with Crippen LogP contribution in [0.1, 0.15) is 30.8 Å². The predicted molar refractivity (Wildman–Crippen MR) is 97.5 cm³/mol. The van der Waals surface area contributed by atoms with Crippen LogP contribution < -0.4 is 5.32 Å². The lowest BCUT2D eigenvalue weighted by molar-refractivity contribution is -0.0244. The number of aryl methyl sites for hydroxylation is 1. The molecule has 0 bridgehead atoms. The molecular weight excluding hydrogens is 314 g/mol. The lowest BCUT2D eigenvalue weighted by Crippen LogP contribution is -2.49. The zero-order valence-corrected chi connectivity index (χ0v) is 14.9. The monoisotopic (exact) mass is 341 g/mol. The second kappa shape index (κ2) is 7.18. The van der Waals surface area contributed by atoms with Crippen LogP contribution in [0.2, 0.25) is 0 Å². The van der Waals surface area contributed by atoms with Gasteiger partial charge in [0.25, 0.3) is 0 Å². The molecule has 5 nitrogen and oxygen atoms in total. The fourth-order valence-electron chi connectivity index (χ4n) is 4.33. The van der Waals surface area contributed by atoms with Gasteiger partial charge in [-0.25, -0.2) is 4.98 Å². The molecule has 4 heterocycles. The molecule has 0 aromatic carbocycles. The molecule has 0 amide bonds. The van der Waals surface area contributed by atoms with Crippen molar-refractivity contribution in [1.82, 2.24) is 9.88 Å². The quantitative estimate of drug-likeness (QED) is 0.872. The van der Waals surface area contributed by atoms with Crippen molar-refractivity contribution in [2.24, 2.45) is 5.41 Å². The Labute approximate surface area is 149 Å². The summed E-state index contributed by atoms with van der Waals surface area (Å²) in [5, 5.41) is 3.46. The summed E-state index contributed by atoms with van der Waals surface area (Å²) in [6.45, 7) is 6.90. The molecule has 2 fully saturated rings. The Bertz CT molecular complexity index is 687. The summed E-state index contributed by atoms with van der Waals surface area (Å²) >= 11 is 0. The Kier molecular flexibility index (Phi) is 4.77. The first kappa shape index (κ1) is 16.6. The highest BCUT2D eigenvalue weighted by Crippen LogP contribution is 2.43. The van der Waals surface area contributed by atoms with E-state index in [0.717, 1.165) is 69.4 Å². The number of pyridine rings is 1. The highest BCUT2D eigenvalue weighted by atomic mass is 16.5. The maximum absolute atomic E-state index is 6.07. The molecule has 2 atom stereocenters. The van der Waals surface area contributed by atoms with E-state index in [4.69, 9.17) is 9.15 Å². The van der Waals surface area contributed by atoms with Crippen LogP contribution in [0.5, 0.6) is 0 Å². The van der Waals surface area contributed by atoms with Crippen molar-refractivity contribution in [1.29, 1.82) is 0 Å². The first-order chi connectivity index (χ1) is 12.2. The van der Waals surface area contributed by atoms with Gasteiger partial charge in [-0.1, -0.05) is 6.07 Å². The molecule has 0 unspecified atom stereocenters. The summed E-state index contributed by atoms with van der Waals surface area (Å²) in [4.78, 5) is 6.88. The van der Waals surface area contributed by atoms with Gasteiger partial charge in [-0.2, -0.15) is 0 Å². The topological polar surface area (TPSA) is 50.5 Å². The molecule has 5 heteroatoms. The van der Waals surface area contributed by atoms with Crippen LogP contribution in [-0.2, 0) is 11.3 Å². The number of hydrogen-bond donors (Lipinski definition) is 1. The van der Waals surface area contributed by atoms with Crippen molar-refractivity contribution in [3.8, 4) is 0 Å². The third kappa shape index (κ3) is 3.72. The first-order valence-corrected chi connectivity index (χ1v) is 9.28. The highest BCUT2D eigenvalue weighted by Gasteiger charge is 2.47. The average Bonchev–Trinajstić information content (AvgIpc) is 3.22. The molecule has 2 aromatic rings. The van der Waals surface area contributed by atoms with Crippen LogP contribution in [-0.4, -0.2) is 42.2 Å². The van der Waals surface area contributed by atoms with Crippen molar-refractivity contribution >= 4 is 5.82 Å². The first-order valence-electron chi connectivity index (χ1n) is 9.28. The van der Waals surface area contributed by atoms with E-state index in [2.05, 4.69) is 21.3 Å². The zero-order chi connectivity index (χ0) is 17.1. The van der Waals surface area contributed by atoms with Gasteiger partial charge in [0.15, 0.2) is 0 Å². The smallest absolute Gasteiger partial charge is 0.125 e. The van der Waals surface area contributed by atoms with E-state index < -0.39 is 0 Å². The van der Waals surface area contributed by atoms with E-state index in [1.165, 1.54) is 0 Å². The van der Waals surface area contributed by atoms with Gasteiger partial charge in [-0.05, 0) is 50.5 Å². The largest absolute Gasteiger partial charge is 0.465 e. The SMILES string of the molecule is Cc1ccc(CN2CC[C@@H]3OCC[C@]3(CCNc3ccccn3)C2)o1. The van der Waals surface area contributed by atoms with Crippen molar-refractivity contribution in [2.45, 2.75) is 38.8 Å². The summed E-state index contributed by atoms with van der Waals surface area (Å²) in [7, 11) is 0. The van der Waals surface area contributed by atoms with Crippen molar-refractivity contribution in [2.75, 3.05) is 31.6 Å². The number of piperidine rings is 1. The lowest BCUT2D eigenvalue weighted by atomic mass is 9.74. The molecular formula is C20H27N3O2. The van der Waals surface area contributed by atoms with Crippen molar-refractivity contribution < 1.29 is 9.15 Å². The standard InChI is InChI=1S/C20H27N3O2/c1-16-5-6-17(25-16)14-23-12-7-18-20(15-23,9-13-24-18)8-11-22-19-4-2-3-10-21-19/h2-6,10,18H,7-9,11-15H2,1H3,(H,21,22)/t18-,20+/m0/s1. The number of likely N-dealkylation sites (tertiary alicyclic amines) is 1. The summed E-state index contributed by atoms with van der Waals surface area (Å²) < 4.78 is 11.8. The minimum atomic E-state index is 0.252. The molecule has 4 rings (SSSR count). The Morgan fingerprint density at radius 2 is 2.28 bits per heavy atom. The van der Waals surface area contributed by atoms with E-state index in [1.54, 1.807) is 0 Å². The van der Waals surface area contributed by atoms with E-state index in [9.17, 15) is 0 Å². The molecule has 0 radical (unpaired) electrons. The number of hydrogen-bond acceptors (Lipinski definition) is 5. The van der Waals surface area contributed by atoms with E-state index in [0.29, 0.717) is 6.10 Å². The second-order valence-electron chi connectivity index (χ2n) is 7.38. The number of rotatable bonds is 6. The normalized spacial score (nSPS) is 26.5. The van der Waals surface area contributed by atoms with Crippen LogP contribution in [0, 0.1) is 12.3 Å². The average molecular weight is 341 g/mol. The van der Waals surface area contributed by atoms with Gasteiger partial charge in [-0.15, -0.1) is 0 Å². The Hall–Kier alpha value is -1.85. The fraction of sp³-hybridized carbons (Fsp3) is 0.550. The molecule has 2 aromatic heterocycles. The Morgan fingerprint density at radius 1 is 1.32 bits per heavy atom. The maximum atomic E-state index is 6.07. The molecule has 2 saturated heterocycles. The molecule has 0 spiro atoms. The third-order valence-corrected chi connectivity index (χ3v) is 5.62. The summed E-state index contributed by atoms with van der Waals surface area (Å²) in [6, 6.07) is 10.1. The molecule has 25 heavy (non-hydrogen) atoms. The minimum Gasteiger partial charge on any atom is -0.465 e. The van der Waals surface area contributed by atoms with Gasteiger partial charge in [0.2, 0.25) is 0 Å². The highest BCUT2D eigenvalue weighted by molar-refractivity contribution is 5.32. The Balaban J connectivity index is 1.38. The van der Waals surface area contributed by atoms with Gasteiger partial charge in [-0.3, -0.25) is 4.90 Å². The lowest BCUT2D eigenvalue weighted by Gasteiger charge is -2.43. The second-order valence-corrected chi connectivity index (χ2v) is 7.38. The van der Waals surface area contributed by atoms with Gasteiger partial charge in [0, 0.05) is 37.9 Å². The van der Waals surface area contributed by atoms with Crippen LogP contribution in [0.25, 0.3) is 0 Å². The van der Waals surface area contributed by atoms with Crippen LogP contribution in [0.4, 0.5) is 5.82 Å². The summed E-state index contributed by atoms with van der Waals surface area (Å²) in [6.07, 6.45) is 5.60. The number of nitrogens with zero attached hydrogens (tertiary/aromatic N) is 2. The van der Waals surface area contributed by atoms with Gasteiger partial charge < -0.3 is 14.5 Å². The van der Waals surface area contributed by atoms with Crippen molar-refractivity contribution in [3.05, 3.63) is 48.0 Å². The Morgan fingerprint density at radius 3 is 3.08 bits per heavy atom. The van der Waals surface area contributed by atoms with Crippen LogP contribution in [0.15, 0.2) is 40.9 Å². The fourth-order valence-corrected chi connectivity index (χ4v) is 4.33. The maximum Gasteiger partial charge on any atom is 0.125 e. The number of fused-ring (bicyclic) bond motifs is 1.